The molecule has 1 saturated carbocycles. The van der Waals surface area contributed by atoms with Crippen LogP contribution >= 0.6 is 0 Å². The molecule has 1 fully saturated rings. The van der Waals surface area contributed by atoms with Crippen molar-refractivity contribution in [2.24, 2.45) is 5.92 Å². The summed E-state index contributed by atoms with van der Waals surface area (Å²) in [5.41, 5.74) is -0.621. The molecule has 1 amide bonds. The number of hydrogen-bond donors (Lipinski definition) is 2. The summed E-state index contributed by atoms with van der Waals surface area (Å²) in [6.07, 6.45) is 0.822. The Hall–Kier alpha value is -1.60. The highest BCUT2D eigenvalue weighted by Crippen LogP contribution is 2.46. The minimum Gasteiger partial charge on any atom is -0.470 e. The number of aliphatic hydroxyl groups is 1. The van der Waals surface area contributed by atoms with Gasteiger partial charge in [0.1, 0.15) is 19.4 Å². The average molecular weight is 410 g/mol. The summed E-state index contributed by atoms with van der Waals surface area (Å²) in [4.78, 5) is 24.6. The summed E-state index contributed by atoms with van der Waals surface area (Å²) in [7, 11) is -1.60. The van der Waals surface area contributed by atoms with Crippen LogP contribution in [0.2, 0.25) is 19.6 Å². The topological polar surface area (TPSA) is 88.8 Å². The second kappa shape index (κ2) is 8.41. The Balaban J connectivity index is 2.09. The maximum absolute atomic E-state index is 12.5. The standard InChI is InChI=1S/C21H35NO5Si/c1-8-9-10-13(22-20(25)27-21(2,3)4)18(23)17-16(19(17)24)14-11-12-15(26-14)28(5,6)7/h11-13,16-18,23H,8-10H2,1-7H3,(H,22,25)/t13-,16?,17?,18?/m0/s1. The summed E-state index contributed by atoms with van der Waals surface area (Å²) >= 11 is 0. The second-order valence-electron chi connectivity index (χ2n) is 9.74. The quantitative estimate of drug-likeness (QED) is 0.641. The highest BCUT2D eigenvalue weighted by molar-refractivity contribution is 6.87. The Morgan fingerprint density at radius 3 is 2.46 bits per heavy atom. The molecule has 1 aromatic heterocycles. The number of carbonyl (C=O) groups excluding carboxylic acids is 2. The van der Waals surface area contributed by atoms with Crippen molar-refractivity contribution in [2.45, 2.75) is 90.3 Å². The molecule has 0 spiro atoms. The molecule has 0 aliphatic heterocycles. The number of Topliss-reactive ketones (excluding diaryl/α,β-unsaturated/α-hetero) is 1. The number of nitrogens with one attached hydrogen (secondary N) is 1. The van der Waals surface area contributed by atoms with Gasteiger partial charge < -0.3 is 19.6 Å². The minimum atomic E-state index is -1.60. The van der Waals surface area contributed by atoms with E-state index in [1.54, 1.807) is 20.8 Å². The molecule has 1 heterocycles. The monoisotopic (exact) mass is 409 g/mol. The Kier molecular flexibility index (Phi) is 6.81. The Bertz CT molecular complexity index is 700. The molecule has 1 aromatic rings. The number of unbranched alkanes of at least 4 members (excludes halogenated alkanes) is 1. The highest BCUT2D eigenvalue weighted by Gasteiger charge is 2.57. The fourth-order valence-electron chi connectivity index (χ4n) is 3.33. The number of furan rings is 1. The number of ether oxygens (including phenoxy) is 1. The maximum atomic E-state index is 12.5. The first-order valence-electron chi connectivity index (χ1n) is 10.2. The van der Waals surface area contributed by atoms with Crippen LogP contribution in [0.4, 0.5) is 4.79 Å². The van der Waals surface area contributed by atoms with E-state index in [2.05, 4.69) is 25.0 Å². The number of rotatable bonds is 8. The lowest BCUT2D eigenvalue weighted by Crippen LogP contribution is -2.46. The van der Waals surface area contributed by atoms with Gasteiger partial charge in [-0.1, -0.05) is 39.4 Å². The zero-order chi connectivity index (χ0) is 21.3. The molecule has 28 heavy (non-hydrogen) atoms. The van der Waals surface area contributed by atoms with E-state index in [9.17, 15) is 14.7 Å². The normalized spacial score (nSPS) is 21.9. The Morgan fingerprint density at radius 1 is 1.32 bits per heavy atom. The van der Waals surface area contributed by atoms with Crippen molar-refractivity contribution in [3.63, 3.8) is 0 Å². The van der Waals surface area contributed by atoms with Gasteiger partial charge in [-0.25, -0.2) is 4.79 Å². The summed E-state index contributed by atoms with van der Waals surface area (Å²) in [6, 6.07) is 3.27. The molecule has 3 unspecified atom stereocenters. The van der Waals surface area contributed by atoms with Crippen molar-refractivity contribution in [1.82, 2.24) is 5.32 Å². The molecule has 1 aliphatic carbocycles. The van der Waals surface area contributed by atoms with Crippen LogP contribution in [0.15, 0.2) is 16.5 Å². The smallest absolute Gasteiger partial charge is 0.407 e. The molecule has 4 atom stereocenters. The van der Waals surface area contributed by atoms with E-state index in [0.717, 1.165) is 18.2 Å². The van der Waals surface area contributed by atoms with E-state index in [0.29, 0.717) is 12.2 Å². The number of ketones is 1. The van der Waals surface area contributed by atoms with E-state index >= 15 is 0 Å². The summed E-state index contributed by atoms with van der Waals surface area (Å²) in [6.45, 7) is 14.0. The Morgan fingerprint density at radius 2 is 1.96 bits per heavy atom. The van der Waals surface area contributed by atoms with Crippen LogP contribution in [0, 0.1) is 5.92 Å². The molecule has 1 aliphatic rings. The van der Waals surface area contributed by atoms with Crippen LogP contribution in [0.3, 0.4) is 0 Å². The number of alkyl carbamates (subject to hydrolysis) is 1. The molecule has 0 aromatic carbocycles. The highest BCUT2D eigenvalue weighted by atomic mass is 28.3. The van der Waals surface area contributed by atoms with E-state index in [4.69, 9.17) is 9.15 Å². The van der Waals surface area contributed by atoms with Gasteiger partial charge in [0.2, 0.25) is 0 Å². The van der Waals surface area contributed by atoms with Crippen molar-refractivity contribution in [2.75, 3.05) is 0 Å². The van der Waals surface area contributed by atoms with Gasteiger partial charge in [-0.05, 0) is 39.3 Å². The fourth-order valence-corrected chi connectivity index (χ4v) is 4.33. The molecule has 158 valence electrons. The summed E-state index contributed by atoms with van der Waals surface area (Å²) < 4.78 is 11.3. The third-order valence-electron chi connectivity index (χ3n) is 4.91. The molecule has 7 heteroatoms. The van der Waals surface area contributed by atoms with E-state index in [1.807, 2.05) is 19.1 Å². The third kappa shape index (κ3) is 5.70. The van der Waals surface area contributed by atoms with Crippen molar-refractivity contribution < 1.29 is 23.8 Å². The van der Waals surface area contributed by atoms with Crippen LogP contribution < -0.4 is 10.7 Å². The van der Waals surface area contributed by atoms with Crippen molar-refractivity contribution >= 4 is 25.3 Å². The molecule has 0 radical (unpaired) electrons. The fraction of sp³-hybridized carbons (Fsp3) is 0.714. The second-order valence-corrected chi connectivity index (χ2v) is 14.7. The zero-order valence-electron chi connectivity index (χ0n) is 18.2. The van der Waals surface area contributed by atoms with Gasteiger partial charge in [-0.15, -0.1) is 0 Å². The van der Waals surface area contributed by atoms with Crippen LogP contribution in [-0.4, -0.2) is 42.8 Å². The molecule has 0 bridgehead atoms. The average Bonchev–Trinajstić information content (AvgIpc) is 2.98. The SMILES string of the molecule is CCCC[C@H](NC(=O)OC(C)(C)C)C(O)C1C(=O)C1c1ccc([Si](C)(C)C)o1. The first kappa shape index (κ1) is 22.7. The molecule has 6 nitrogen and oxygen atoms in total. The van der Waals surface area contributed by atoms with E-state index in [1.165, 1.54) is 0 Å². The lowest BCUT2D eigenvalue weighted by Gasteiger charge is -2.26. The van der Waals surface area contributed by atoms with Gasteiger partial charge in [0.15, 0.2) is 5.78 Å². The van der Waals surface area contributed by atoms with Crippen molar-refractivity contribution in [3.8, 4) is 0 Å². The van der Waals surface area contributed by atoms with Crippen LogP contribution in [0.5, 0.6) is 0 Å². The van der Waals surface area contributed by atoms with E-state index in [-0.39, 0.29) is 5.78 Å². The molecular formula is C21H35NO5Si. The predicted molar refractivity (Wildman–Crippen MR) is 112 cm³/mol. The van der Waals surface area contributed by atoms with Gasteiger partial charge in [-0.3, -0.25) is 4.79 Å². The van der Waals surface area contributed by atoms with Crippen LogP contribution in [-0.2, 0) is 9.53 Å². The summed E-state index contributed by atoms with van der Waals surface area (Å²) in [5, 5.41) is 14.6. The Labute approximate surface area is 169 Å². The number of aliphatic hydroxyl groups excluding tert-OH is 1. The van der Waals surface area contributed by atoms with E-state index < -0.39 is 43.7 Å². The van der Waals surface area contributed by atoms with Crippen LogP contribution in [0.25, 0.3) is 0 Å². The summed E-state index contributed by atoms with van der Waals surface area (Å²) in [5.74, 6) is -0.378. The molecular weight excluding hydrogens is 374 g/mol. The first-order chi connectivity index (χ1) is 12.8. The van der Waals surface area contributed by atoms with Crippen LogP contribution in [0.1, 0.15) is 58.6 Å². The molecule has 0 saturated heterocycles. The van der Waals surface area contributed by atoms with Gasteiger partial charge in [-0.2, -0.15) is 0 Å². The minimum absolute atomic E-state index is 0.0311. The largest absolute Gasteiger partial charge is 0.470 e. The third-order valence-corrected chi connectivity index (χ3v) is 6.66. The number of hydrogen-bond acceptors (Lipinski definition) is 5. The zero-order valence-corrected chi connectivity index (χ0v) is 19.2. The van der Waals surface area contributed by atoms with Crippen molar-refractivity contribution in [3.05, 3.63) is 17.9 Å². The predicted octanol–water partition coefficient (Wildman–Crippen LogP) is 3.55. The number of amides is 1. The maximum Gasteiger partial charge on any atom is 0.407 e. The van der Waals surface area contributed by atoms with Crippen molar-refractivity contribution in [1.29, 1.82) is 0 Å². The van der Waals surface area contributed by atoms with Gasteiger partial charge in [0.05, 0.1) is 29.4 Å². The van der Waals surface area contributed by atoms with Gasteiger partial charge in [0.25, 0.3) is 0 Å². The van der Waals surface area contributed by atoms with Gasteiger partial charge >= 0.3 is 6.09 Å². The lowest BCUT2D eigenvalue weighted by molar-refractivity contribution is -0.112. The number of carbonyl (C=O) groups is 2. The lowest BCUT2D eigenvalue weighted by atomic mass is 9.99. The molecule has 2 N–H and O–H groups in total. The molecule has 2 rings (SSSR count). The van der Waals surface area contributed by atoms with Gasteiger partial charge in [0, 0.05) is 0 Å². The first-order valence-corrected chi connectivity index (χ1v) is 13.7.